The standard InChI is InChI=1S/C16H15N3S/c1-12-5-7-13(8-6-12)15-10-16(19-18-15)20-11-14-4-2-3-9-17-14/h2-9H,10-11H2,1H3. The van der Waals surface area contributed by atoms with E-state index in [4.69, 9.17) is 0 Å². The highest BCUT2D eigenvalue weighted by molar-refractivity contribution is 8.13. The SMILES string of the molecule is Cc1ccc(C2=NN=C(SCc3ccccn3)C2)cc1. The first-order valence-electron chi connectivity index (χ1n) is 6.54. The number of hydrogen-bond donors (Lipinski definition) is 0. The van der Waals surface area contributed by atoms with Gasteiger partial charge in [-0.05, 0) is 24.6 Å². The fraction of sp³-hybridized carbons (Fsp3) is 0.188. The van der Waals surface area contributed by atoms with Crippen molar-refractivity contribution in [3.63, 3.8) is 0 Å². The first-order valence-corrected chi connectivity index (χ1v) is 7.53. The number of benzene rings is 1. The average Bonchev–Trinajstić information content (AvgIpc) is 2.96. The van der Waals surface area contributed by atoms with Crippen molar-refractivity contribution in [2.75, 3.05) is 0 Å². The minimum atomic E-state index is 0.820. The van der Waals surface area contributed by atoms with Crippen molar-refractivity contribution >= 4 is 22.5 Å². The normalized spacial score (nSPS) is 14.1. The Bertz CT molecular complexity index is 645. The molecule has 100 valence electrons. The molecule has 0 fully saturated rings. The quantitative estimate of drug-likeness (QED) is 0.857. The molecule has 20 heavy (non-hydrogen) atoms. The monoisotopic (exact) mass is 281 g/mol. The highest BCUT2D eigenvalue weighted by Crippen LogP contribution is 2.21. The highest BCUT2D eigenvalue weighted by atomic mass is 32.2. The summed E-state index contributed by atoms with van der Waals surface area (Å²) in [6.07, 6.45) is 2.64. The molecule has 0 bridgehead atoms. The molecule has 2 aromatic rings. The lowest BCUT2D eigenvalue weighted by Gasteiger charge is -2.02. The Balaban J connectivity index is 1.57. The Morgan fingerprint density at radius 2 is 1.90 bits per heavy atom. The van der Waals surface area contributed by atoms with Crippen molar-refractivity contribution in [3.8, 4) is 0 Å². The molecule has 0 spiro atoms. The number of aryl methyl sites for hydroxylation is 1. The maximum absolute atomic E-state index is 4.31. The molecule has 1 aromatic heterocycles. The molecule has 1 aliphatic heterocycles. The lowest BCUT2D eigenvalue weighted by atomic mass is 10.1. The van der Waals surface area contributed by atoms with Crippen LogP contribution in [0.15, 0.2) is 58.9 Å². The fourth-order valence-electron chi connectivity index (χ4n) is 1.96. The summed E-state index contributed by atoms with van der Waals surface area (Å²) >= 11 is 1.71. The lowest BCUT2D eigenvalue weighted by molar-refractivity contribution is 1.18. The Hall–Kier alpha value is -1.94. The third-order valence-corrected chi connectivity index (χ3v) is 4.10. The molecule has 0 N–H and O–H groups in total. The van der Waals surface area contributed by atoms with Gasteiger partial charge in [0.15, 0.2) is 0 Å². The van der Waals surface area contributed by atoms with E-state index in [0.717, 1.165) is 34.2 Å². The van der Waals surface area contributed by atoms with E-state index < -0.39 is 0 Å². The summed E-state index contributed by atoms with van der Waals surface area (Å²) in [5.74, 6) is 0.844. The summed E-state index contributed by atoms with van der Waals surface area (Å²) in [5.41, 5.74) is 4.54. The van der Waals surface area contributed by atoms with Gasteiger partial charge in [0.05, 0.1) is 11.4 Å². The van der Waals surface area contributed by atoms with Gasteiger partial charge >= 0.3 is 0 Å². The van der Waals surface area contributed by atoms with Gasteiger partial charge in [0, 0.05) is 18.4 Å². The van der Waals surface area contributed by atoms with Crippen LogP contribution in [0.2, 0.25) is 0 Å². The number of pyridine rings is 1. The van der Waals surface area contributed by atoms with Gasteiger partial charge in [0.1, 0.15) is 5.04 Å². The van der Waals surface area contributed by atoms with Crippen molar-refractivity contribution in [1.29, 1.82) is 0 Å². The van der Waals surface area contributed by atoms with Gasteiger partial charge in [0.2, 0.25) is 0 Å². The minimum absolute atomic E-state index is 0.820. The van der Waals surface area contributed by atoms with E-state index in [-0.39, 0.29) is 0 Å². The summed E-state index contributed by atoms with van der Waals surface area (Å²) in [5, 5.41) is 9.62. The summed E-state index contributed by atoms with van der Waals surface area (Å²) in [6.45, 7) is 2.09. The van der Waals surface area contributed by atoms with Crippen LogP contribution in [0.1, 0.15) is 23.2 Å². The Labute approximate surface area is 122 Å². The van der Waals surface area contributed by atoms with Crippen LogP contribution in [0, 0.1) is 6.92 Å². The molecule has 2 heterocycles. The van der Waals surface area contributed by atoms with Gasteiger partial charge in [0.25, 0.3) is 0 Å². The molecule has 0 amide bonds. The predicted molar refractivity (Wildman–Crippen MR) is 85.3 cm³/mol. The van der Waals surface area contributed by atoms with E-state index in [1.165, 1.54) is 5.56 Å². The molecule has 3 nitrogen and oxygen atoms in total. The van der Waals surface area contributed by atoms with Crippen molar-refractivity contribution in [2.45, 2.75) is 19.1 Å². The van der Waals surface area contributed by atoms with E-state index in [1.54, 1.807) is 11.8 Å². The topological polar surface area (TPSA) is 37.6 Å². The summed E-state index contributed by atoms with van der Waals surface area (Å²) in [4.78, 5) is 4.31. The predicted octanol–water partition coefficient (Wildman–Crippen LogP) is 3.83. The van der Waals surface area contributed by atoms with Crippen LogP contribution in [0.25, 0.3) is 0 Å². The van der Waals surface area contributed by atoms with Gasteiger partial charge in [-0.15, -0.1) is 16.9 Å². The molecule has 1 aromatic carbocycles. The molecule has 0 aliphatic carbocycles. The number of nitrogens with zero attached hydrogens (tertiary/aromatic N) is 3. The lowest BCUT2D eigenvalue weighted by Crippen LogP contribution is -2.02. The van der Waals surface area contributed by atoms with Gasteiger partial charge in [-0.2, -0.15) is 5.10 Å². The molecular weight excluding hydrogens is 266 g/mol. The molecule has 1 aliphatic rings. The van der Waals surface area contributed by atoms with Crippen LogP contribution in [0.4, 0.5) is 0 Å². The fourth-order valence-corrected chi connectivity index (χ4v) is 2.78. The first kappa shape index (κ1) is 13.1. The first-order chi connectivity index (χ1) is 9.81. The summed E-state index contributed by atoms with van der Waals surface area (Å²) < 4.78 is 0. The third-order valence-electron chi connectivity index (χ3n) is 3.10. The molecule has 0 unspecified atom stereocenters. The van der Waals surface area contributed by atoms with Crippen LogP contribution in [-0.4, -0.2) is 15.7 Å². The highest BCUT2D eigenvalue weighted by Gasteiger charge is 2.14. The van der Waals surface area contributed by atoms with Gasteiger partial charge in [-0.1, -0.05) is 35.9 Å². The molecule has 0 atom stereocenters. The molecule has 4 heteroatoms. The molecule has 0 saturated heterocycles. The van der Waals surface area contributed by atoms with Crippen LogP contribution in [0.5, 0.6) is 0 Å². The van der Waals surface area contributed by atoms with Gasteiger partial charge in [-0.3, -0.25) is 4.98 Å². The number of hydrogen-bond acceptors (Lipinski definition) is 4. The second-order valence-corrected chi connectivity index (χ2v) is 5.74. The maximum Gasteiger partial charge on any atom is 0.102 e. The number of rotatable bonds is 3. The molecule has 3 rings (SSSR count). The van der Waals surface area contributed by atoms with E-state index in [0.29, 0.717) is 0 Å². The molecule has 0 radical (unpaired) electrons. The Morgan fingerprint density at radius 3 is 2.65 bits per heavy atom. The van der Waals surface area contributed by atoms with Crippen LogP contribution >= 0.6 is 11.8 Å². The van der Waals surface area contributed by atoms with Crippen LogP contribution < -0.4 is 0 Å². The largest absolute Gasteiger partial charge is 0.260 e. The number of thioether (sulfide) groups is 1. The van der Waals surface area contributed by atoms with E-state index in [2.05, 4.69) is 46.4 Å². The van der Waals surface area contributed by atoms with Crippen LogP contribution in [-0.2, 0) is 5.75 Å². The zero-order valence-corrected chi connectivity index (χ0v) is 12.1. The van der Waals surface area contributed by atoms with Crippen molar-refractivity contribution < 1.29 is 0 Å². The summed E-state index contributed by atoms with van der Waals surface area (Å²) in [6, 6.07) is 14.4. The zero-order valence-electron chi connectivity index (χ0n) is 11.3. The molecule has 0 saturated carbocycles. The van der Waals surface area contributed by atoms with E-state index in [1.807, 2.05) is 24.4 Å². The molecular formula is C16H15N3S. The average molecular weight is 281 g/mol. The maximum atomic E-state index is 4.31. The van der Waals surface area contributed by atoms with Crippen molar-refractivity contribution in [3.05, 3.63) is 65.5 Å². The minimum Gasteiger partial charge on any atom is -0.260 e. The van der Waals surface area contributed by atoms with Crippen molar-refractivity contribution in [1.82, 2.24) is 4.98 Å². The summed E-state index contributed by atoms with van der Waals surface area (Å²) in [7, 11) is 0. The Kier molecular flexibility index (Phi) is 3.92. The third kappa shape index (κ3) is 3.14. The van der Waals surface area contributed by atoms with E-state index >= 15 is 0 Å². The smallest absolute Gasteiger partial charge is 0.102 e. The second kappa shape index (κ2) is 6.01. The second-order valence-electron chi connectivity index (χ2n) is 4.69. The zero-order chi connectivity index (χ0) is 13.8. The van der Waals surface area contributed by atoms with Gasteiger partial charge < -0.3 is 0 Å². The number of aromatic nitrogens is 1. The van der Waals surface area contributed by atoms with Crippen molar-refractivity contribution in [2.24, 2.45) is 10.2 Å². The van der Waals surface area contributed by atoms with Crippen LogP contribution in [0.3, 0.4) is 0 Å². The van der Waals surface area contributed by atoms with Gasteiger partial charge in [-0.25, -0.2) is 0 Å². The Morgan fingerprint density at radius 1 is 1.05 bits per heavy atom. The van der Waals surface area contributed by atoms with E-state index in [9.17, 15) is 0 Å².